The standard InChI is InChI=1S/C31H32/c1-8-16-23-25-19-14-15-20-30(25)31(29(23)18-10-3)27(12-5)24(17-9-2)26(28(31)13-6)21-22(7)11-4/h8-21H,4-6H2,1-3,7H3/b16-8-,17-9-,18-10-,22-21-. The number of fused-ring (bicyclic) bond motifs is 2. The first-order valence-corrected chi connectivity index (χ1v) is 10.8. The van der Waals surface area contributed by atoms with Crippen LogP contribution in [0.3, 0.4) is 0 Å². The summed E-state index contributed by atoms with van der Waals surface area (Å²) in [5, 5.41) is 0. The molecule has 31 heavy (non-hydrogen) atoms. The van der Waals surface area contributed by atoms with Crippen molar-refractivity contribution in [3.8, 4) is 0 Å². The maximum absolute atomic E-state index is 4.28. The van der Waals surface area contributed by atoms with Crippen molar-refractivity contribution in [3.63, 3.8) is 0 Å². The molecular weight excluding hydrogens is 372 g/mol. The van der Waals surface area contributed by atoms with Gasteiger partial charge >= 0.3 is 0 Å². The maximum Gasteiger partial charge on any atom is 0.0725 e. The lowest BCUT2D eigenvalue weighted by Crippen LogP contribution is -2.28. The van der Waals surface area contributed by atoms with Crippen molar-refractivity contribution in [3.05, 3.63) is 149 Å². The highest BCUT2D eigenvalue weighted by Gasteiger charge is 2.51. The van der Waals surface area contributed by atoms with Gasteiger partial charge < -0.3 is 0 Å². The fourth-order valence-corrected chi connectivity index (χ4v) is 5.00. The number of hydrogen-bond donors (Lipinski definition) is 0. The zero-order chi connectivity index (χ0) is 22.6. The van der Waals surface area contributed by atoms with E-state index in [-0.39, 0.29) is 0 Å². The molecule has 0 N–H and O–H groups in total. The zero-order valence-electron chi connectivity index (χ0n) is 19.2. The van der Waals surface area contributed by atoms with E-state index < -0.39 is 5.41 Å². The summed E-state index contributed by atoms with van der Waals surface area (Å²) in [6.07, 6.45) is 21.2. The molecule has 0 bridgehead atoms. The van der Waals surface area contributed by atoms with E-state index in [1.165, 1.54) is 44.6 Å². The molecule has 1 spiro atoms. The smallest absolute Gasteiger partial charge is 0.0725 e. The van der Waals surface area contributed by atoms with Gasteiger partial charge in [0.15, 0.2) is 0 Å². The van der Waals surface area contributed by atoms with E-state index in [0.717, 1.165) is 5.57 Å². The van der Waals surface area contributed by atoms with E-state index in [9.17, 15) is 0 Å². The molecule has 1 unspecified atom stereocenters. The number of rotatable bonds is 7. The van der Waals surface area contributed by atoms with Crippen LogP contribution >= 0.6 is 0 Å². The molecule has 2 aliphatic carbocycles. The summed E-state index contributed by atoms with van der Waals surface area (Å²) in [7, 11) is 0. The molecule has 2 aliphatic rings. The van der Waals surface area contributed by atoms with Crippen molar-refractivity contribution in [1.82, 2.24) is 0 Å². The van der Waals surface area contributed by atoms with Crippen LogP contribution in [-0.4, -0.2) is 0 Å². The van der Waals surface area contributed by atoms with Gasteiger partial charge in [0.25, 0.3) is 0 Å². The van der Waals surface area contributed by atoms with Gasteiger partial charge in [-0.05, 0) is 72.3 Å². The Balaban J connectivity index is 2.64. The minimum atomic E-state index is -0.441. The van der Waals surface area contributed by atoms with E-state index in [1.807, 2.05) is 18.2 Å². The SMILES string of the molecule is C=CC1=C(/C=C\C)C(/C=C(/C)C=C)=C(C=C)C12C(/C=C\C)=C(/C=C\C)c1ccccc12. The molecule has 1 atom stereocenters. The van der Waals surface area contributed by atoms with E-state index in [4.69, 9.17) is 0 Å². The van der Waals surface area contributed by atoms with E-state index in [1.54, 1.807) is 0 Å². The first-order chi connectivity index (χ1) is 15.1. The van der Waals surface area contributed by atoms with Crippen molar-refractivity contribution >= 4 is 5.57 Å². The highest BCUT2D eigenvalue weighted by atomic mass is 14.5. The fraction of sp³-hybridized carbons (Fsp3) is 0.161. The van der Waals surface area contributed by atoms with E-state index in [0.29, 0.717) is 0 Å². The second kappa shape index (κ2) is 9.18. The van der Waals surface area contributed by atoms with Crippen LogP contribution in [-0.2, 0) is 5.41 Å². The number of benzene rings is 1. The topological polar surface area (TPSA) is 0 Å². The van der Waals surface area contributed by atoms with Crippen LogP contribution in [0.5, 0.6) is 0 Å². The Morgan fingerprint density at radius 1 is 0.742 bits per heavy atom. The molecule has 1 aromatic carbocycles. The number of hydrogen-bond acceptors (Lipinski definition) is 0. The molecule has 0 amide bonds. The van der Waals surface area contributed by atoms with Gasteiger partial charge in [-0.3, -0.25) is 0 Å². The van der Waals surface area contributed by atoms with Crippen molar-refractivity contribution in [2.45, 2.75) is 33.1 Å². The third-order valence-electron chi connectivity index (χ3n) is 6.10. The average Bonchev–Trinajstić information content (AvgIpc) is 3.19. The summed E-state index contributed by atoms with van der Waals surface area (Å²) in [6, 6.07) is 8.73. The molecule has 0 fully saturated rings. The molecule has 0 saturated carbocycles. The lowest BCUT2D eigenvalue weighted by atomic mass is 9.67. The molecule has 156 valence electrons. The lowest BCUT2D eigenvalue weighted by Gasteiger charge is -2.33. The third kappa shape index (κ3) is 3.24. The zero-order valence-corrected chi connectivity index (χ0v) is 19.2. The Labute approximate surface area is 188 Å². The Hall–Kier alpha value is -3.38. The first-order valence-electron chi connectivity index (χ1n) is 10.8. The van der Waals surface area contributed by atoms with Gasteiger partial charge in [-0.2, -0.15) is 0 Å². The predicted octanol–water partition coefficient (Wildman–Crippen LogP) is 8.53. The minimum absolute atomic E-state index is 0.441. The molecule has 0 aromatic heterocycles. The lowest BCUT2D eigenvalue weighted by molar-refractivity contribution is 0.772. The van der Waals surface area contributed by atoms with Crippen molar-refractivity contribution < 1.29 is 0 Å². The van der Waals surface area contributed by atoms with Gasteiger partial charge in [0, 0.05) is 0 Å². The molecule has 0 nitrogen and oxygen atoms in total. The highest BCUT2D eigenvalue weighted by molar-refractivity contribution is 5.95. The van der Waals surface area contributed by atoms with Crippen LogP contribution in [0.1, 0.15) is 38.8 Å². The van der Waals surface area contributed by atoms with Crippen LogP contribution in [0, 0.1) is 0 Å². The van der Waals surface area contributed by atoms with Crippen molar-refractivity contribution in [1.29, 1.82) is 0 Å². The van der Waals surface area contributed by atoms with Gasteiger partial charge in [-0.25, -0.2) is 0 Å². The summed E-state index contributed by atoms with van der Waals surface area (Å²) in [5.41, 5.74) is 10.5. The van der Waals surface area contributed by atoms with Crippen LogP contribution in [0.25, 0.3) is 5.57 Å². The van der Waals surface area contributed by atoms with Crippen LogP contribution in [0.4, 0.5) is 0 Å². The molecule has 3 rings (SSSR count). The third-order valence-corrected chi connectivity index (χ3v) is 6.10. The molecule has 1 aromatic rings. The fourth-order valence-electron chi connectivity index (χ4n) is 5.00. The Morgan fingerprint density at radius 2 is 1.32 bits per heavy atom. The number of allylic oxidation sites excluding steroid dienone is 17. The van der Waals surface area contributed by atoms with Crippen molar-refractivity contribution in [2.75, 3.05) is 0 Å². The summed E-state index contributed by atoms with van der Waals surface area (Å²) in [4.78, 5) is 0. The van der Waals surface area contributed by atoms with Gasteiger partial charge in [-0.1, -0.05) is 110 Å². The van der Waals surface area contributed by atoms with Crippen LogP contribution in [0.15, 0.2) is 138 Å². The second-order valence-electron chi connectivity index (χ2n) is 7.78. The first kappa shape index (κ1) is 22.3. The Morgan fingerprint density at radius 3 is 1.90 bits per heavy atom. The monoisotopic (exact) mass is 404 g/mol. The molecular formula is C31H32. The maximum atomic E-state index is 4.28. The second-order valence-corrected chi connectivity index (χ2v) is 7.78. The summed E-state index contributed by atoms with van der Waals surface area (Å²) >= 11 is 0. The average molecular weight is 405 g/mol. The quantitative estimate of drug-likeness (QED) is 0.399. The van der Waals surface area contributed by atoms with Crippen LogP contribution < -0.4 is 0 Å². The van der Waals surface area contributed by atoms with Gasteiger partial charge in [0.05, 0.1) is 5.41 Å². The van der Waals surface area contributed by atoms with Gasteiger partial charge in [0.2, 0.25) is 0 Å². The van der Waals surface area contributed by atoms with Crippen LogP contribution in [0.2, 0.25) is 0 Å². The Kier molecular flexibility index (Phi) is 6.61. The molecule has 0 heterocycles. The highest BCUT2D eigenvalue weighted by Crippen LogP contribution is 2.61. The van der Waals surface area contributed by atoms with E-state index >= 15 is 0 Å². The summed E-state index contributed by atoms with van der Waals surface area (Å²) < 4.78 is 0. The minimum Gasteiger partial charge on any atom is -0.0988 e. The van der Waals surface area contributed by atoms with Gasteiger partial charge in [-0.15, -0.1) is 0 Å². The Bertz CT molecular complexity index is 1150. The van der Waals surface area contributed by atoms with E-state index in [2.05, 4.69) is 114 Å². The van der Waals surface area contributed by atoms with Crippen molar-refractivity contribution in [2.24, 2.45) is 0 Å². The molecule has 0 heteroatoms. The largest absolute Gasteiger partial charge is 0.0988 e. The molecule has 0 radical (unpaired) electrons. The molecule has 0 aliphatic heterocycles. The normalized spacial score (nSPS) is 21.5. The molecule has 0 saturated heterocycles. The summed E-state index contributed by atoms with van der Waals surface area (Å²) in [5.74, 6) is 0. The van der Waals surface area contributed by atoms with Gasteiger partial charge in [0.1, 0.15) is 0 Å². The summed E-state index contributed by atoms with van der Waals surface area (Å²) in [6.45, 7) is 20.8. The predicted molar refractivity (Wildman–Crippen MR) is 138 cm³/mol.